The van der Waals surface area contributed by atoms with E-state index >= 15 is 0 Å². The molecule has 17 heavy (non-hydrogen) atoms. The van der Waals surface area contributed by atoms with E-state index in [0.717, 1.165) is 0 Å². The summed E-state index contributed by atoms with van der Waals surface area (Å²) < 4.78 is 4.72. The van der Waals surface area contributed by atoms with Gasteiger partial charge < -0.3 is 15.4 Å². The molecule has 1 fully saturated rings. The molecule has 0 radical (unpaired) electrons. The Morgan fingerprint density at radius 1 is 1.47 bits per heavy atom. The smallest absolute Gasteiger partial charge is 0.306 e. The third-order valence-electron chi connectivity index (χ3n) is 2.49. The average molecular weight is 242 g/mol. The van der Waals surface area contributed by atoms with Crippen molar-refractivity contribution in [3.05, 3.63) is 0 Å². The summed E-state index contributed by atoms with van der Waals surface area (Å²) in [6.07, 6.45) is 1.31. The monoisotopic (exact) mass is 242 g/mol. The molecule has 0 aromatic heterocycles. The summed E-state index contributed by atoms with van der Waals surface area (Å²) in [5.41, 5.74) is 0. The van der Waals surface area contributed by atoms with Crippen LogP contribution in [-0.2, 0) is 19.1 Å². The van der Waals surface area contributed by atoms with Crippen LogP contribution in [-0.4, -0.2) is 37.0 Å². The Morgan fingerprint density at radius 3 is 2.82 bits per heavy atom. The second-order valence-electron chi connectivity index (χ2n) is 3.91. The van der Waals surface area contributed by atoms with E-state index in [0.29, 0.717) is 26.0 Å². The molecule has 6 heteroatoms. The van der Waals surface area contributed by atoms with Crippen LogP contribution >= 0.6 is 0 Å². The van der Waals surface area contributed by atoms with E-state index in [1.807, 2.05) is 0 Å². The molecule has 2 N–H and O–H groups in total. The normalized spacial score (nSPS) is 19.4. The number of esters is 1. The van der Waals surface area contributed by atoms with Gasteiger partial charge in [-0.25, -0.2) is 0 Å². The van der Waals surface area contributed by atoms with Gasteiger partial charge in [0.2, 0.25) is 11.8 Å². The van der Waals surface area contributed by atoms with Gasteiger partial charge in [0.1, 0.15) is 0 Å². The van der Waals surface area contributed by atoms with Crippen molar-refractivity contribution >= 4 is 17.8 Å². The lowest BCUT2D eigenvalue weighted by Gasteiger charge is -2.23. The van der Waals surface area contributed by atoms with Gasteiger partial charge in [0.05, 0.1) is 13.0 Å². The minimum atomic E-state index is -0.361. The zero-order valence-electron chi connectivity index (χ0n) is 9.95. The number of rotatable bonds is 5. The fourth-order valence-electron chi connectivity index (χ4n) is 1.60. The van der Waals surface area contributed by atoms with Crippen molar-refractivity contribution in [3.8, 4) is 0 Å². The van der Waals surface area contributed by atoms with E-state index in [1.165, 1.54) is 0 Å². The van der Waals surface area contributed by atoms with Crippen LogP contribution < -0.4 is 10.6 Å². The predicted molar refractivity (Wildman–Crippen MR) is 60.0 cm³/mol. The summed E-state index contributed by atoms with van der Waals surface area (Å²) in [4.78, 5) is 33.4. The Labute approximate surface area is 100 Å². The highest BCUT2D eigenvalue weighted by Crippen LogP contribution is 2.03. The number of nitrogens with one attached hydrogen (secondary N) is 2. The van der Waals surface area contributed by atoms with E-state index in [4.69, 9.17) is 4.74 Å². The number of ether oxygens (including phenoxy) is 1. The van der Waals surface area contributed by atoms with Crippen molar-refractivity contribution in [3.63, 3.8) is 0 Å². The molecular weight excluding hydrogens is 224 g/mol. The van der Waals surface area contributed by atoms with Gasteiger partial charge in [0.25, 0.3) is 0 Å². The van der Waals surface area contributed by atoms with Crippen LogP contribution in [0, 0.1) is 0 Å². The molecule has 1 aliphatic heterocycles. The van der Waals surface area contributed by atoms with E-state index in [2.05, 4.69) is 10.6 Å². The Hall–Kier alpha value is -1.59. The highest BCUT2D eigenvalue weighted by atomic mass is 16.5. The minimum absolute atomic E-state index is 0.0158. The molecule has 1 unspecified atom stereocenters. The van der Waals surface area contributed by atoms with Gasteiger partial charge in [0, 0.05) is 25.4 Å². The maximum Gasteiger partial charge on any atom is 0.306 e. The number of piperidine rings is 1. The standard InChI is InChI=1S/C11H18N2O4/c1-2-17-11(16)6-5-10(15)13-8-3-4-9(14)12-7-8/h8H,2-7H2,1H3,(H,12,14)(H,13,15). The quantitative estimate of drug-likeness (QED) is 0.650. The average Bonchev–Trinajstić information content (AvgIpc) is 2.30. The van der Waals surface area contributed by atoms with E-state index in [9.17, 15) is 14.4 Å². The summed E-state index contributed by atoms with van der Waals surface area (Å²) >= 11 is 0. The summed E-state index contributed by atoms with van der Waals surface area (Å²) in [7, 11) is 0. The molecule has 1 heterocycles. The predicted octanol–water partition coefficient (Wildman–Crippen LogP) is -0.275. The molecule has 1 atom stereocenters. The maximum atomic E-state index is 11.5. The molecule has 0 aromatic rings. The molecule has 0 aliphatic carbocycles. The van der Waals surface area contributed by atoms with Crippen LogP contribution in [0.3, 0.4) is 0 Å². The Balaban J connectivity index is 2.16. The van der Waals surface area contributed by atoms with Crippen LogP contribution in [0.1, 0.15) is 32.6 Å². The van der Waals surface area contributed by atoms with Gasteiger partial charge in [0.15, 0.2) is 0 Å². The minimum Gasteiger partial charge on any atom is -0.466 e. The third kappa shape index (κ3) is 5.33. The Morgan fingerprint density at radius 2 is 2.24 bits per heavy atom. The number of carbonyl (C=O) groups excluding carboxylic acids is 3. The molecule has 96 valence electrons. The Kier molecular flexibility index (Phi) is 5.45. The third-order valence-corrected chi connectivity index (χ3v) is 2.49. The Bertz CT molecular complexity index is 294. The lowest BCUT2D eigenvalue weighted by Crippen LogP contribution is -2.47. The largest absolute Gasteiger partial charge is 0.466 e. The molecule has 0 saturated carbocycles. The van der Waals surface area contributed by atoms with E-state index < -0.39 is 0 Å². The number of carbonyl (C=O) groups is 3. The highest BCUT2D eigenvalue weighted by Gasteiger charge is 2.19. The first-order valence-corrected chi connectivity index (χ1v) is 5.83. The van der Waals surface area contributed by atoms with Crippen LogP contribution in [0.5, 0.6) is 0 Å². The number of amides is 2. The topological polar surface area (TPSA) is 84.5 Å². The zero-order valence-corrected chi connectivity index (χ0v) is 9.95. The summed E-state index contributed by atoms with van der Waals surface area (Å²) in [5, 5.41) is 5.45. The maximum absolute atomic E-state index is 11.5. The van der Waals surface area contributed by atoms with Crippen molar-refractivity contribution in [2.45, 2.75) is 38.6 Å². The molecule has 0 aromatic carbocycles. The summed E-state index contributed by atoms with van der Waals surface area (Å²) in [6.45, 7) is 2.52. The van der Waals surface area contributed by atoms with Crippen molar-refractivity contribution in [2.24, 2.45) is 0 Å². The lowest BCUT2D eigenvalue weighted by atomic mass is 10.1. The van der Waals surface area contributed by atoms with Crippen LogP contribution in [0.15, 0.2) is 0 Å². The highest BCUT2D eigenvalue weighted by molar-refractivity contribution is 5.82. The van der Waals surface area contributed by atoms with Crippen molar-refractivity contribution in [1.29, 1.82) is 0 Å². The second kappa shape index (κ2) is 6.88. The summed E-state index contributed by atoms with van der Waals surface area (Å²) in [5.74, 6) is -0.527. The van der Waals surface area contributed by atoms with Gasteiger partial charge in [-0.15, -0.1) is 0 Å². The van der Waals surface area contributed by atoms with Crippen molar-refractivity contribution in [1.82, 2.24) is 10.6 Å². The second-order valence-corrected chi connectivity index (χ2v) is 3.91. The van der Waals surface area contributed by atoms with Gasteiger partial charge in [-0.1, -0.05) is 0 Å². The molecule has 1 rings (SSSR count). The SMILES string of the molecule is CCOC(=O)CCC(=O)NC1CCC(=O)NC1. The van der Waals surface area contributed by atoms with Gasteiger partial charge in [-0.05, 0) is 13.3 Å². The van der Waals surface area contributed by atoms with Gasteiger partial charge in [-0.3, -0.25) is 14.4 Å². The first kappa shape index (κ1) is 13.5. The number of hydrogen-bond acceptors (Lipinski definition) is 4. The summed E-state index contributed by atoms with van der Waals surface area (Å²) in [6, 6.07) is -0.0256. The van der Waals surface area contributed by atoms with E-state index in [1.54, 1.807) is 6.92 Å². The van der Waals surface area contributed by atoms with E-state index in [-0.39, 0.29) is 36.7 Å². The van der Waals surface area contributed by atoms with Crippen molar-refractivity contribution < 1.29 is 19.1 Å². The molecular formula is C11H18N2O4. The first-order chi connectivity index (χ1) is 8.11. The van der Waals surface area contributed by atoms with Gasteiger partial charge in [-0.2, -0.15) is 0 Å². The first-order valence-electron chi connectivity index (χ1n) is 5.83. The molecule has 1 aliphatic rings. The molecule has 0 bridgehead atoms. The molecule has 1 saturated heterocycles. The van der Waals surface area contributed by atoms with Crippen LogP contribution in [0.2, 0.25) is 0 Å². The molecule has 2 amide bonds. The van der Waals surface area contributed by atoms with Gasteiger partial charge >= 0.3 is 5.97 Å². The fourth-order valence-corrected chi connectivity index (χ4v) is 1.60. The molecule has 0 spiro atoms. The zero-order chi connectivity index (χ0) is 12.7. The fraction of sp³-hybridized carbons (Fsp3) is 0.727. The number of hydrogen-bond donors (Lipinski definition) is 2. The molecule has 6 nitrogen and oxygen atoms in total. The van der Waals surface area contributed by atoms with Crippen LogP contribution in [0.25, 0.3) is 0 Å². The van der Waals surface area contributed by atoms with Crippen LogP contribution in [0.4, 0.5) is 0 Å². The van der Waals surface area contributed by atoms with Crippen molar-refractivity contribution in [2.75, 3.05) is 13.2 Å². The lowest BCUT2D eigenvalue weighted by molar-refractivity contribution is -0.144.